The molecule has 104 valence electrons. The van der Waals surface area contributed by atoms with Gasteiger partial charge in [-0.3, -0.25) is 4.79 Å². The van der Waals surface area contributed by atoms with Gasteiger partial charge in [0.05, 0.1) is 5.69 Å². The van der Waals surface area contributed by atoms with E-state index in [4.69, 9.17) is 5.73 Å². The third-order valence-electron chi connectivity index (χ3n) is 2.80. The van der Waals surface area contributed by atoms with E-state index < -0.39 is 17.5 Å². The van der Waals surface area contributed by atoms with Crippen LogP contribution in [0.4, 0.5) is 20.2 Å². The van der Waals surface area contributed by atoms with Crippen molar-refractivity contribution in [2.45, 2.75) is 6.92 Å². The Morgan fingerprint density at radius 3 is 2.55 bits per heavy atom. The summed E-state index contributed by atoms with van der Waals surface area (Å²) in [5.74, 6) is -2.50. The number of halogens is 2. The molecule has 0 aromatic heterocycles. The molecule has 0 spiro atoms. The highest BCUT2D eigenvalue weighted by Crippen LogP contribution is 2.25. The van der Waals surface area contributed by atoms with Crippen molar-refractivity contribution in [1.29, 1.82) is 0 Å². The Morgan fingerprint density at radius 1 is 1.25 bits per heavy atom. The van der Waals surface area contributed by atoms with E-state index in [-0.39, 0.29) is 22.7 Å². The first-order valence-electron chi connectivity index (χ1n) is 5.74. The summed E-state index contributed by atoms with van der Waals surface area (Å²) in [6.45, 7) is 1.68. The fraction of sp³-hybridized carbons (Fsp3) is 0.0714. The van der Waals surface area contributed by atoms with Gasteiger partial charge in [0.2, 0.25) is 0 Å². The number of carbonyl (C=O) groups is 1. The summed E-state index contributed by atoms with van der Waals surface area (Å²) in [4.78, 5) is 11.9. The second-order valence-corrected chi connectivity index (χ2v) is 4.31. The second-order valence-electron chi connectivity index (χ2n) is 4.31. The van der Waals surface area contributed by atoms with Gasteiger partial charge in [0.15, 0.2) is 5.82 Å². The van der Waals surface area contributed by atoms with Crippen molar-refractivity contribution >= 4 is 17.3 Å². The molecule has 4 N–H and O–H groups in total. The Labute approximate surface area is 113 Å². The fourth-order valence-corrected chi connectivity index (χ4v) is 1.66. The van der Waals surface area contributed by atoms with E-state index in [2.05, 4.69) is 5.32 Å². The normalized spacial score (nSPS) is 10.3. The van der Waals surface area contributed by atoms with Gasteiger partial charge in [-0.25, -0.2) is 8.78 Å². The molecule has 0 aliphatic carbocycles. The third kappa shape index (κ3) is 2.69. The Morgan fingerprint density at radius 2 is 1.95 bits per heavy atom. The van der Waals surface area contributed by atoms with Gasteiger partial charge in [-0.2, -0.15) is 0 Å². The van der Waals surface area contributed by atoms with E-state index in [9.17, 15) is 18.7 Å². The average molecular weight is 278 g/mol. The van der Waals surface area contributed by atoms with Crippen molar-refractivity contribution in [2.75, 3.05) is 11.1 Å². The van der Waals surface area contributed by atoms with Crippen LogP contribution in [-0.4, -0.2) is 11.0 Å². The van der Waals surface area contributed by atoms with Crippen LogP contribution in [-0.2, 0) is 0 Å². The summed E-state index contributed by atoms with van der Waals surface area (Å²) in [6.07, 6.45) is 0. The number of hydrogen-bond acceptors (Lipinski definition) is 3. The van der Waals surface area contributed by atoms with E-state index in [1.165, 1.54) is 12.1 Å². The van der Waals surface area contributed by atoms with Crippen molar-refractivity contribution < 1.29 is 18.7 Å². The summed E-state index contributed by atoms with van der Waals surface area (Å²) in [6, 6.07) is 5.81. The second kappa shape index (κ2) is 5.16. The van der Waals surface area contributed by atoms with Crippen molar-refractivity contribution in [3.05, 3.63) is 53.1 Å². The molecule has 4 nitrogen and oxygen atoms in total. The molecule has 0 unspecified atom stereocenters. The number of anilines is 2. The molecule has 0 fully saturated rings. The molecule has 0 aliphatic heterocycles. The number of aromatic hydroxyl groups is 1. The number of carbonyl (C=O) groups excluding carboxylic acids is 1. The first-order chi connectivity index (χ1) is 9.38. The van der Waals surface area contributed by atoms with Gasteiger partial charge in [-0.1, -0.05) is 6.07 Å². The molecular weight excluding hydrogens is 266 g/mol. The lowest BCUT2D eigenvalue weighted by atomic mass is 10.1. The standard InChI is InChI=1S/C14H12F2N2O2/c1-7-2-3-8(4-12(7)19)14(20)18-13-10(16)5-9(15)6-11(13)17/h2-6,19H,17H2,1H3,(H,18,20). The van der Waals surface area contributed by atoms with Gasteiger partial charge in [0.1, 0.15) is 17.3 Å². The molecule has 20 heavy (non-hydrogen) atoms. The largest absolute Gasteiger partial charge is 0.508 e. The molecule has 0 bridgehead atoms. The van der Waals surface area contributed by atoms with Crippen LogP contribution >= 0.6 is 0 Å². The van der Waals surface area contributed by atoms with Gasteiger partial charge in [-0.15, -0.1) is 0 Å². The first-order valence-corrected chi connectivity index (χ1v) is 5.74. The summed E-state index contributed by atoms with van der Waals surface area (Å²) in [7, 11) is 0. The highest BCUT2D eigenvalue weighted by Gasteiger charge is 2.14. The Bertz CT molecular complexity index is 664. The van der Waals surface area contributed by atoms with Crippen LogP contribution in [0.3, 0.4) is 0 Å². The van der Waals surface area contributed by atoms with E-state index >= 15 is 0 Å². The van der Waals surface area contributed by atoms with Gasteiger partial charge in [0, 0.05) is 11.6 Å². The zero-order valence-corrected chi connectivity index (χ0v) is 10.6. The fourth-order valence-electron chi connectivity index (χ4n) is 1.66. The zero-order valence-electron chi connectivity index (χ0n) is 10.6. The highest BCUT2D eigenvalue weighted by atomic mass is 19.1. The minimum Gasteiger partial charge on any atom is -0.508 e. The predicted molar refractivity (Wildman–Crippen MR) is 71.6 cm³/mol. The summed E-state index contributed by atoms with van der Waals surface area (Å²) >= 11 is 0. The van der Waals surface area contributed by atoms with E-state index in [1.807, 2.05) is 0 Å². The number of phenolic OH excluding ortho intramolecular Hbond substituents is 1. The van der Waals surface area contributed by atoms with E-state index in [1.54, 1.807) is 13.0 Å². The molecule has 2 rings (SSSR count). The molecule has 2 aromatic rings. The van der Waals surface area contributed by atoms with Gasteiger partial charge < -0.3 is 16.2 Å². The van der Waals surface area contributed by atoms with Crippen molar-refractivity contribution in [1.82, 2.24) is 0 Å². The number of aryl methyl sites for hydroxylation is 1. The molecule has 0 aliphatic rings. The summed E-state index contributed by atoms with van der Waals surface area (Å²) in [5.41, 5.74) is 5.69. The number of phenols is 1. The maximum absolute atomic E-state index is 13.5. The van der Waals surface area contributed by atoms with Crippen LogP contribution in [0.15, 0.2) is 30.3 Å². The van der Waals surface area contributed by atoms with E-state index in [0.29, 0.717) is 11.6 Å². The van der Waals surface area contributed by atoms with Crippen LogP contribution < -0.4 is 11.1 Å². The Balaban J connectivity index is 2.30. The van der Waals surface area contributed by atoms with Crippen molar-refractivity contribution in [3.8, 4) is 5.75 Å². The lowest BCUT2D eigenvalue weighted by molar-refractivity contribution is 0.102. The lowest BCUT2D eigenvalue weighted by Crippen LogP contribution is -2.14. The molecule has 0 radical (unpaired) electrons. The smallest absolute Gasteiger partial charge is 0.255 e. The summed E-state index contributed by atoms with van der Waals surface area (Å²) < 4.78 is 26.4. The number of nitrogens with one attached hydrogen (secondary N) is 1. The van der Waals surface area contributed by atoms with Gasteiger partial charge in [-0.05, 0) is 30.7 Å². The van der Waals surface area contributed by atoms with E-state index in [0.717, 1.165) is 6.07 Å². The molecule has 0 saturated carbocycles. The molecule has 0 saturated heterocycles. The highest BCUT2D eigenvalue weighted by molar-refractivity contribution is 6.06. The number of rotatable bonds is 2. The van der Waals surface area contributed by atoms with Crippen LogP contribution in [0.25, 0.3) is 0 Å². The maximum Gasteiger partial charge on any atom is 0.255 e. The van der Waals surface area contributed by atoms with Crippen LogP contribution in [0, 0.1) is 18.6 Å². The number of nitrogen functional groups attached to an aromatic ring is 1. The zero-order chi connectivity index (χ0) is 14.9. The quantitative estimate of drug-likeness (QED) is 0.739. The van der Waals surface area contributed by atoms with Gasteiger partial charge in [0.25, 0.3) is 5.91 Å². The SMILES string of the molecule is Cc1ccc(C(=O)Nc2c(N)cc(F)cc2F)cc1O. The topological polar surface area (TPSA) is 75.4 Å². The van der Waals surface area contributed by atoms with Crippen LogP contribution in [0.1, 0.15) is 15.9 Å². The van der Waals surface area contributed by atoms with Crippen molar-refractivity contribution in [3.63, 3.8) is 0 Å². The Kier molecular flexibility index (Phi) is 3.56. The van der Waals surface area contributed by atoms with Crippen LogP contribution in [0.5, 0.6) is 5.75 Å². The molecule has 6 heteroatoms. The molecule has 1 amide bonds. The Hall–Kier alpha value is -2.63. The summed E-state index contributed by atoms with van der Waals surface area (Å²) in [5, 5.41) is 11.8. The number of hydrogen-bond donors (Lipinski definition) is 3. The number of amides is 1. The van der Waals surface area contributed by atoms with Gasteiger partial charge >= 0.3 is 0 Å². The minimum absolute atomic E-state index is 0.0507. The monoisotopic (exact) mass is 278 g/mol. The minimum atomic E-state index is -0.966. The maximum atomic E-state index is 13.5. The predicted octanol–water partition coefficient (Wildman–Crippen LogP) is 2.81. The first kappa shape index (κ1) is 13.8. The molecule has 2 aromatic carbocycles. The van der Waals surface area contributed by atoms with Crippen LogP contribution in [0.2, 0.25) is 0 Å². The molecular formula is C14H12F2N2O2. The van der Waals surface area contributed by atoms with Crippen molar-refractivity contribution in [2.24, 2.45) is 0 Å². The number of benzene rings is 2. The lowest BCUT2D eigenvalue weighted by Gasteiger charge is -2.10. The number of nitrogens with two attached hydrogens (primary N) is 1. The average Bonchev–Trinajstić information content (AvgIpc) is 2.36. The molecule has 0 atom stereocenters. The third-order valence-corrected chi connectivity index (χ3v) is 2.80. The molecule has 0 heterocycles.